The summed E-state index contributed by atoms with van der Waals surface area (Å²) in [6.45, 7) is 11.2. The number of fused-ring (bicyclic) bond motifs is 4. The van der Waals surface area contributed by atoms with Gasteiger partial charge in [-0.2, -0.15) is 4.98 Å². The molecule has 1 amide bonds. The molecular weight excluding hydrogens is 686 g/mol. The molecule has 2 aromatic carbocycles. The van der Waals surface area contributed by atoms with Crippen molar-refractivity contribution in [2.75, 3.05) is 32.1 Å². The van der Waals surface area contributed by atoms with Crippen molar-refractivity contribution in [1.82, 2.24) is 29.3 Å². The van der Waals surface area contributed by atoms with E-state index < -0.39 is 5.60 Å². The van der Waals surface area contributed by atoms with E-state index in [0.717, 1.165) is 40.1 Å². The summed E-state index contributed by atoms with van der Waals surface area (Å²) in [7, 11) is 3.79. The van der Waals surface area contributed by atoms with E-state index in [1.54, 1.807) is 24.4 Å². The number of hydrogen-bond donors (Lipinski definition) is 0. The van der Waals surface area contributed by atoms with Gasteiger partial charge in [0.05, 0.1) is 42.5 Å². The number of likely N-dealkylation sites (tertiary alicyclic amines) is 1. The van der Waals surface area contributed by atoms with E-state index in [2.05, 4.69) is 33.7 Å². The van der Waals surface area contributed by atoms with Gasteiger partial charge >= 0.3 is 6.09 Å². The third kappa shape index (κ3) is 7.29. The molecule has 2 aliphatic heterocycles. The van der Waals surface area contributed by atoms with Crippen molar-refractivity contribution in [3.05, 3.63) is 71.3 Å². The third-order valence-corrected chi connectivity index (χ3v) is 11.2. The van der Waals surface area contributed by atoms with Crippen molar-refractivity contribution in [3.63, 3.8) is 0 Å². The number of amides is 1. The molecule has 51 heavy (non-hydrogen) atoms. The summed E-state index contributed by atoms with van der Waals surface area (Å²) < 4.78 is 23.6. The zero-order chi connectivity index (χ0) is 35.9. The number of aromatic nitrogens is 4. The van der Waals surface area contributed by atoms with E-state index in [9.17, 15) is 4.79 Å². The van der Waals surface area contributed by atoms with Crippen LogP contribution >= 0.6 is 23.1 Å². The standard InChI is InChI=1S/C37H42FN9O2S2/c1-37(2,3)49-36(48)45-18-25-13-14-26(19-45)47(25)35-42-32-30(34(43-35)50-20-23-10-8-7-9-11-23)40-22-46(32)17-24-12-15-28(38)31-29(24)27(16-39-4)33(51-31)41-21-44(5)6/h7-12,15,21-22,25-26H,4,13-14,16-20H2,1-3,5-6H3/b41-21+. The van der Waals surface area contributed by atoms with Gasteiger partial charge in [0.1, 0.15) is 27.0 Å². The molecule has 2 aliphatic rings. The fraction of sp³-hybridized carbons (Fsp3) is 0.405. The van der Waals surface area contributed by atoms with Crippen molar-refractivity contribution in [1.29, 1.82) is 0 Å². The summed E-state index contributed by atoms with van der Waals surface area (Å²) >= 11 is 2.95. The number of carbonyl (C=O) groups is 1. The molecule has 266 valence electrons. The second kappa shape index (κ2) is 14.2. The molecular formula is C37H42FN9O2S2. The summed E-state index contributed by atoms with van der Waals surface area (Å²) in [5, 5.41) is 2.30. The first-order valence-corrected chi connectivity index (χ1v) is 18.8. The van der Waals surface area contributed by atoms with E-state index in [4.69, 9.17) is 19.7 Å². The Morgan fingerprint density at radius 3 is 2.57 bits per heavy atom. The second-order valence-electron chi connectivity index (χ2n) is 14.2. The molecule has 5 aromatic rings. The zero-order valence-electron chi connectivity index (χ0n) is 29.5. The molecule has 7 rings (SSSR count). The Hall–Kier alpha value is -4.56. The fourth-order valence-electron chi connectivity index (χ4n) is 6.81. The predicted octanol–water partition coefficient (Wildman–Crippen LogP) is 7.53. The SMILES string of the molecule is C=NCc1c(/N=C/N(C)C)sc2c(F)ccc(Cn3cnc4c(SCc5ccccc5)nc(N5C6CCC5CN(C(=O)OC(C)(C)C)C6)nc43)c12. The largest absolute Gasteiger partial charge is 0.444 e. The van der Waals surface area contributed by atoms with E-state index in [1.807, 2.05) is 73.5 Å². The van der Waals surface area contributed by atoms with Gasteiger partial charge in [-0.15, -0.1) is 11.3 Å². The molecule has 0 saturated carbocycles. The zero-order valence-corrected chi connectivity index (χ0v) is 31.2. The van der Waals surface area contributed by atoms with E-state index in [-0.39, 0.29) is 24.0 Å². The first-order chi connectivity index (χ1) is 24.5. The molecule has 5 heterocycles. The maximum atomic E-state index is 15.3. The molecule has 0 N–H and O–H groups in total. The number of hydrogen-bond acceptors (Lipinski definition) is 10. The highest BCUT2D eigenvalue weighted by molar-refractivity contribution is 7.98. The highest BCUT2D eigenvalue weighted by atomic mass is 32.2. The monoisotopic (exact) mass is 727 g/mol. The molecule has 14 heteroatoms. The van der Waals surface area contributed by atoms with Gasteiger partial charge in [-0.05, 0) is 57.5 Å². The molecule has 2 bridgehead atoms. The quantitative estimate of drug-likeness (QED) is 0.0630. The summed E-state index contributed by atoms with van der Waals surface area (Å²) in [4.78, 5) is 43.0. The Balaban J connectivity index is 1.28. The van der Waals surface area contributed by atoms with Crippen LogP contribution in [0.1, 0.15) is 50.3 Å². The predicted molar refractivity (Wildman–Crippen MR) is 204 cm³/mol. The number of ether oxygens (including phenoxy) is 1. The van der Waals surface area contributed by atoms with Crippen molar-refractivity contribution in [2.45, 2.75) is 75.2 Å². The van der Waals surface area contributed by atoms with Crippen LogP contribution in [0.2, 0.25) is 0 Å². The number of carbonyl (C=O) groups excluding carboxylic acids is 1. The Labute approximate surface area is 305 Å². The highest BCUT2D eigenvalue weighted by Crippen LogP contribution is 2.42. The van der Waals surface area contributed by atoms with Crippen LogP contribution in [0.15, 0.2) is 63.8 Å². The normalized spacial score (nSPS) is 17.6. The van der Waals surface area contributed by atoms with E-state index >= 15 is 4.39 Å². The first-order valence-electron chi connectivity index (χ1n) is 17.0. The summed E-state index contributed by atoms with van der Waals surface area (Å²) in [5.74, 6) is 1.06. The molecule has 0 radical (unpaired) electrons. The van der Waals surface area contributed by atoms with Crippen LogP contribution in [0.3, 0.4) is 0 Å². The maximum absolute atomic E-state index is 15.3. The van der Waals surface area contributed by atoms with Crippen LogP contribution in [0.25, 0.3) is 21.3 Å². The van der Waals surface area contributed by atoms with Gasteiger partial charge in [0, 0.05) is 43.9 Å². The number of anilines is 1. The molecule has 0 spiro atoms. The topological polar surface area (TPSA) is 104 Å². The van der Waals surface area contributed by atoms with Gasteiger partial charge in [0.25, 0.3) is 0 Å². The number of piperazine rings is 1. The minimum Gasteiger partial charge on any atom is -0.444 e. The van der Waals surface area contributed by atoms with Crippen LogP contribution in [0, 0.1) is 5.82 Å². The summed E-state index contributed by atoms with van der Waals surface area (Å²) in [6.07, 6.45) is 5.09. The molecule has 3 aromatic heterocycles. The average molecular weight is 728 g/mol. The van der Waals surface area contributed by atoms with Crippen LogP contribution in [0.5, 0.6) is 0 Å². The van der Waals surface area contributed by atoms with E-state index in [1.165, 1.54) is 23.0 Å². The van der Waals surface area contributed by atoms with Crippen LogP contribution in [-0.2, 0) is 23.6 Å². The van der Waals surface area contributed by atoms with Gasteiger partial charge in [0.2, 0.25) is 5.95 Å². The lowest BCUT2D eigenvalue weighted by molar-refractivity contribution is 0.0208. The van der Waals surface area contributed by atoms with Crippen LogP contribution in [0.4, 0.5) is 20.1 Å². The van der Waals surface area contributed by atoms with Gasteiger partial charge in [-0.25, -0.2) is 24.1 Å². The number of halogens is 1. The summed E-state index contributed by atoms with van der Waals surface area (Å²) in [6, 6.07) is 13.8. The highest BCUT2D eigenvalue weighted by Gasteiger charge is 2.44. The van der Waals surface area contributed by atoms with Gasteiger partial charge in [-0.3, -0.25) is 4.99 Å². The van der Waals surface area contributed by atoms with Crippen molar-refractivity contribution < 1.29 is 13.9 Å². The minimum atomic E-state index is -0.562. The van der Waals surface area contributed by atoms with Crippen LogP contribution in [-0.4, -0.2) is 93.3 Å². The minimum absolute atomic E-state index is 0.0645. The number of benzene rings is 2. The molecule has 2 fully saturated rings. The first kappa shape index (κ1) is 34.9. The average Bonchev–Trinajstić information content (AvgIpc) is 3.75. The number of rotatable bonds is 10. The number of thioether (sulfide) groups is 1. The number of aliphatic imine (C=N–C) groups is 2. The fourth-order valence-corrected chi connectivity index (χ4v) is 8.84. The molecule has 2 unspecified atom stereocenters. The molecule has 2 atom stereocenters. The lowest BCUT2D eigenvalue weighted by Gasteiger charge is -2.41. The summed E-state index contributed by atoms with van der Waals surface area (Å²) in [5.41, 5.74) is 3.79. The lowest BCUT2D eigenvalue weighted by Crippen LogP contribution is -2.56. The second-order valence-corrected chi connectivity index (χ2v) is 16.2. The smallest absolute Gasteiger partial charge is 0.410 e. The lowest BCUT2D eigenvalue weighted by atomic mass is 10.1. The third-order valence-electron chi connectivity index (χ3n) is 8.97. The van der Waals surface area contributed by atoms with Crippen LogP contribution < -0.4 is 4.90 Å². The Morgan fingerprint density at radius 1 is 1.14 bits per heavy atom. The van der Waals surface area contributed by atoms with E-state index in [0.29, 0.717) is 53.0 Å². The van der Waals surface area contributed by atoms with Gasteiger partial charge in [-0.1, -0.05) is 48.2 Å². The Bertz CT molecular complexity index is 2090. The van der Waals surface area contributed by atoms with Crippen molar-refractivity contribution >= 4 is 74.4 Å². The van der Waals surface area contributed by atoms with Crippen molar-refractivity contribution in [2.24, 2.45) is 9.98 Å². The van der Waals surface area contributed by atoms with Gasteiger partial charge < -0.3 is 24.0 Å². The number of nitrogens with zero attached hydrogens (tertiary/aromatic N) is 9. The maximum Gasteiger partial charge on any atom is 0.410 e. The number of imidazole rings is 1. The molecule has 11 nitrogen and oxygen atoms in total. The number of thiophene rings is 1. The Morgan fingerprint density at radius 2 is 1.88 bits per heavy atom. The van der Waals surface area contributed by atoms with Gasteiger partial charge in [0.15, 0.2) is 5.65 Å². The molecule has 2 saturated heterocycles. The molecule has 0 aliphatic carbocycles. The van der Waals surface area contributed by atoms with Crippen molar-refractivity contribution in [3.8, 4) is 0 Å². The Kier molecular flexibility index (Phi) is 9.72.